The summed E-state index contributed by atoms with van der Waals surface area (Å²) in [5.41, 5.74) is 8.45. The molecular weight excluding hydrogens is 334 g/mol. The van der Waals surface area contributed by atoms with Gasteiger partial charge in [-0.25, -0.2) is 0 Å². The predicted octanol–water partition coefficient (Wildman–Crippen LogP) is 2.79. The number of carbonyl (C=O) groups excluding carboxylic acids is 1. The van der Waals surface area contributed by atoms with Crippen LogP contribution in [-0.2, 0) is 6.54 Å². The number of carbonyl (C=O) groups is 1. The monoisotopic (exact) mass is 362 g/mol. The molecule has 4 nitrogen and oxygen atoms in total. The van der Waals surface area contributed by atoms with Crippen LogP contribution in [0.25, 0.3) is 0 Å². The molecule has 2 atom stereocenters. The van der Waals surface area contributed by atoms with E-state index in [1.54, 1.807) is 6.07 Å². The lowest BCUT2D eigenvalue weighted by Crippen LogP contribution is -2.29. The van der Waals surface area contributed by atoms with Gasteiger partial charge in [0.2, 0.25) is 5.91 Å². The summed E-state index contributed by atoms with van der Waals surface area (Å²) in [7, 11) is 0. The minimum absolute atomic E-state index is 0.351. The van der Waals surface area contributed by atoms with E-state index in [1.165, 1.54) is 31.7 Å². The zero-order valence-electron chi connectivity index (χ0n) is 15.8. The first kappa shape index (κ1) is 18.2. The van der Waals surface area contributed by atoms with E-state index < -0.39 is 0 Å². The van der Waals surface area contributed by atoms with Crippen LogP contribution in [0.4, 0.5) is 0 Å². The molecule has 2 fully saturated rings. The lowest BCUT2D eigenvalue weighted by atomic mass is 10.0. The first-order valence-electron chi connectivity index (χ1n) is 9.90. The molecule has 141 valence electrons. The van der Waals surface area contributed by atoms with Gasteiger partial charge in [0.25, 0.3) is 0 Å². The molecule has 2 heterocycles. The molecule has 2 aliphatic heterocycles. The van der Waals surface area contributed by atoms with Crippen molar-refractivity contribution in [2.75, 3.05) is 32.7 Å². The number of amides is 1. The molecule has 1 amide bonds. The maximum atomic E-state index is 11.5. The number of rotatable bonds is 7. The molecule has 2 aromatic carbocycles. The van der Waals surface area contributed by atoms with Gasteiger partial charge in [-0.15, -0.1) is 0 Å². The standard InChI is InChI=1S/C23H28N3O/c24-23(27)22-11-5-4-9-19(22)10-6-12-25-14-20-16-26(17-21(20)15-25)13-18-7-2-1-3-8-18/h1-5,7-11,20-21H,6,12-17H2,(H2,24,27)/t20-,21?/m0/s1. The minimum Gasteiger partial charge on any atom is -0.366 e. The third kappa shape index (κ3) is 4.40. The highest BCUT2D eigenvalue weighted by molar-refractivity contribution is 5.94. The molecule has 4 heteroatoms. The Morgan fingerprint density at radius 2 is 1.56 bits per heavy atom. The molecular formula is C23H28N3O. The van der Waals surface area contributed by atoms with Gasteiger partial charge in [0.1, 0.15) is 0 Å². The van der Waals surface area contributed by atoms with Crippen LogP contribution in [0.3, 0.4) is 0 Å². The van der Waals surface area contributed by atoms with Gasteiger partial charge in [-0.3, -0.25) is 9.69 Å². The van der Waals surface area contributed by atoms with Crippen molar-refractivity contribution >= 4 is 5.91 Å². The van der Waals surface area contributed by atoms with Crippen molar-refractivity contribution in [2.45, 2.75) is 13.0 Å². The number of likely N-dealkylation sites (tertiary alicyclic amines) is 2. The van der Waals surface area contributed by atoms with Crippen LogP contribution in [0, 0.1) is 18.3 Å². The molecule has 1 unspecified atom stereocenters. The zero-order valence-corrected chi connectivity index (χ0v) is 15.8. The quantitative estimate of drug-likeness (QED) is 0.824. The van der Waals surface area contributed by atoms with Gasteiger partial charge in [-0.05, 0) is 48.4 Å². The molecule has 4 rings (SSSR count). The Kier molecular flexibility index (Phi) is 5.55. The van der Waals surface area contributed by atoms with E-state index in [-0.39, 0.29) is 5.91 Å². The van der Waals surface area contributed by atoms with Gasteiger partial charge in [0.15, 0.2) is 0 Å². The van der Waals surface area contributed by atoms with Crippen LogP contribution < -0.4 is 5.73 Å². The van der Waals surface area contributed by atoms with Crippen LogP contribution in [0.5, 0.6) is 0 Å². The summed E-state index contributed by atoms with van der Waals surface area (Å²) in [6.45, 7) is 6.95. The Morgan fingerprint density at radius 1 is 0.926 bits per heavy atom. The highest BCUT2D eigenvalue weighted by Gasteiger charge is 2.39. The van der Waals surface area contributed by atoms with Gasteiger partial charge >= 0.3 is 0 Å². The average Bonchev–Trinajstić information content (AvgIpc) is 3.21. The number of hydrogen-bond donors (Lipinski definition) is 1. The fourth-order valence-corrected chi connectivity index (χ4v) is 4.64. The van der Waals surface area contributed by atoms with Crippen molar-refractivity contribution < 1.29 is 4.79 Å². The van der Waals surface area contributed by atoms with E-state index in [0.717, 1.165) is 36.9 Å². The average molecular weight is 362 g/mol. The summed E-state index contributed by atoms with van der Waals surface area (Å²) in [6, 6.07) is 18.4. The van der Waals surface area contributed by atoms with E-state index in [9.17, 15) is 4.79 Å². The van der Waals surface area contributed by atoms with Crippen LogP contribution in [-0.4, -0.2) is 48.4 Å². The normalized spacial score (nSPS) is 22.8. The van der Waals surface area contributed by atoms with Crippen LogP contribution >= 0.6 is 0 Å². The number of fused-ring (bicyclic) bond motifs is 1. The molecule has 0 bridgehead atoms. The number of hydrogen-bond acceptors (Lipinski definition) is 3. The highest BCUT2D eigenvalue weighted by Crippen LogP contribution is 2.32. The molecule has 27 heavy (non-hydrogen) atoms. The fourth-order valence-electron chi connectivity index (χ4n) is 4.64. The van der Waals surface area contributed by atoms with Gasteiger partial charge < -0.3 is 10.6 Å². The lowest BCUT2D eigenvalue weighted by Gasteiger charge is -2.21. The van der Waals surface area contributed by atoms with E-state index >= 15 is 0 Å². The maximum absolute atomic E-state index is 11.5. The summed E-state index contributed by atoms with van der Waals surface area (Å²) in [4.78, 5) is 16.7. The second-order valence-electron chi connectivity index (χ2n) is 7.90. The summed E-state index contributed by atoms with van der Waals surface area (Å²) >= 11 is 0. The summed E-state index contributed by atoms with van der Waals surface area (Å²) < 4.78 is 0. The van der Waals surface area contributed by atoms with Gasteiger partial charge in [0, 0.05) is 38.3 Å². The number of nitrogens with two attached hydrogens (primary N) is 1. The molecule has 0 spiro atoms. The largest absolute Gasteiger partial charge is 0.366 e. The van der Waals surface area contributed by atoms with Crippen molar-refractivity contribution in [3.8, 4) is 0 Å². The van der Waals surface area contributed by atoms with Gasteiger partial charge in [-0.2, -0.15) is 0 Å². The summed E-state index contributed by atoms with van der Waals surface area (Å²) in [6.07, 6.45) is 3.10. The van der Waals surface area contributed by atoms with E-state index in [1.807, 2.05) is 18.2 Å². The molecule has 0 aliphatic carbocycles. The number of nitrogens with zero attached hydrogens (tertiary/aromatic N) is 2. The van der Waals surface area contributed by atoms with Crippen molar-refractivity contribution in [1.29, 1.82) is 0 Å². The Balaban J connectivity index is 1.22. The second kappa shape index (κ2) is 8.24. The highest BCUT2D eigenvalue weighted by atomic mass is 16.1. The third-order valence-electron chi connectivity index (χ3n) is 5.92. The lowest BCUT2D eigenvalue weighted by molar-refractivity contribution is 0.1000. The predicted molar refractivity (Wildman–Crippen MR) is 108 cm³/mol. The van der Waals surface area contributed by atoms with E-state index in [4.69, 9.17) is 5.73 Å². The molecule has 2 saturated heterocycles. The van der Waals surface area contributed by atoms with Crippen molar-refractivity contribution in [2.24, 2.45) is 17.6 Å². The molecule has 0 saturated carbocycles. The molecule has 1 radical (unpaired) electrons. The number of primary amides is 1. The van der Waals surface area contributed by atoms with E-state index in [0.29, 0.717) is 5.56 Å². The SMILES string of the molecule is NC(=O)c1ccccc1[CH]CCN1CC2CN(Cc3ccccc3)C[C@@H]2C1. The second-order valence-corrected chi connectivity index (χ2v) is 7.90. The fraction of sp³-hybridized carbons (Fsp3) is 0.391. The van der Waals surface area contributed by atoms with Crippen LogP contribution in [0.2, 0.25) is 0 Å². The minimum atomic E-state index is -0.351. The summed E-state index contributed by atoms with van der Waals surface area (Å²) in [5, 5.41) is 0. The number of benzene rings is 2. The first-order chi connectivity index (χ1) is 13.2. The third-order valence-corrected chi connectivity index (χ3v) is 5.92. The topological polar surface area (TPSA) is 49.6 Å². The smallest absolute Gasteiger partial charge is 0.248 e. The maximum Gasteiger partial charge on any atom is 0.248 e. The van der Waals surface area contributed by atoms with Crippen LogP contribution in [0.15, 0.2) is 54.6 Å². The Hall–Kier alpha value is -2.17. The molecule has 2 aromatic rings. The first-order valence-corrected chi connectivity index (χ1v) is 9.90. The Labute approximate surface area is 162 Å². The van der Waals surface area contributed by atoms with Crippen molar-refractivity contribution in [1.82, 2.24) is 9.80 Å². The van der Waals surface area contributed by atoms with Gasteiger partial charge in [0.05, 0.1) is 0 Å². The Morgan fingerprint density at radius 3 is 2.26 bits per heavy atom. The van der Waals surface area contributed by atoms with Crippen LogP contribution in [0.1, 0.15) is 27.9 Å². The van der Waals surface area contributed by atoms with Gasteiger partial charge in [-0.1, -0.05) is 48.5 Å². The summed E-state index contributed by atoms with van der Waals surface area (Å²) in [5.74, 6) is 1.24. The zero-order chi connectivity index (χ0) is 18.6. The van der Waals surface area contributed by atoms with Crippen molar-refractivity contribution in [3.63, 3.8) is 0 Å². The van der Waals surface area contributed by atoms with E-state index in [2.05, 4.69) is 46.6 Å². The molecule has 0 aromatic heterocycles. The van der Waals surface area contributed by atoms with Crippen molar-refractivity contribution in [3.05, 3.63) is 77.7 Å². The molecule has 2 aliphatic rings. The molecule has 2 N–H and O–H groups in total. The Bertz CT molecular complexity index is 762.